The molecule has 1 aromatic rings. The summed E-state index contributed by atoms with van der Waals surface area (Å²) < 4.78 is 10.6. The van der Waals surface area contributed by atoms with Crippen LogP contribution >= 0.6 is 0 Å². The quantitative estimate of drug-likeness (QED) is 0.470. The van der Waals surface area contributed by atoms with Crippen molar-refractivity contribution in [2.45, 2.75) is 26.7 Å². The van der Waals surface area contributed by atoms with Crippen LogP contribution in [-0.2, 0) is 9.53 Å². The molecule has 0 bridgehead atoms. The van der Waals surface area contributed by atoms with Crippen molar-refractivity contribution >= 4 is 12.0 Å². The van der Waals surface area contributed by atoms with E-state index in [1.165, 1.54) is 6.08 Å². The minimum atomic E-state index is -0.309. The Morgan fingerprint density at radius 2 is 2.21 bits per heavy atom. The molecular weight excluding hydrogens is 240 g/mol. The first-order chi connectivity index (χ1) is 9.15. The van der Waals surface area contributed by atoms with Gasteiger partial charge in [0.15, 0.2) is 0 Å². The monoisotopic (exact) mass is 260 g/mol. The number of esters is 1. The van der Waals surface area contributed by atoms with Gasteiger partial charge in [0.05, 0.1) is 6.61 Å². The van der Waals surface area contributed by atoms with E-state index < -0.39 is 0 Å². The minimum absolute atomic E-state index is 0.309. The zero-order valence-corrected chi connectivity index (χ0v) is 11.5. The highest BCUT2D eigenvalue weighted by Gasteiger charge is 2.19. The first-order valence-electron chi connectivity index (χ1n) is 6.71. The topological polar surface area (TPSA) is 39.4 Å². The van der Waals surface area contributed by atoms with E-state index in [-0.39, 0.29) is 5.97 Å². The van der Waals surface area contributed by atoms with E-state index >= 15 is 0 Å². The summed E-state index contributed by atoms with van der Waals surface area (Å²) in [5.74, 6) is 2.21. The Morgan fingerprint density at radius 3 is 2.89 bits per heavy atom. The number of rotatable bonds is 4. The van der Waals surface area contributed by atoms with Crippen molar-refractivity contribution in [3.63, 3.8) is 0 Å². The highest BCUT2D eigenvalue weighted by Crippen LogP contribution is 2.25. The maximum Gasteiger partial charge on any atom is 0.330 e. The zero-order valence-electron chi connectivity index (χ0n) is 11.5. The molecule has 0 N–H and O–H groups in total. The molecule has 1 heterocycles. The smallest absolute Gasteiger partial charge is 0.330 e. The fourth-order valence-electron chi connectivity index (χ4n) is 2.17. The van der Waals surface area contributed by atoms with Gasteiger partial charge in [-0.15, -0.1) is 0 Å². The van der Waals surface area contributed by atoms with Gasteiger partial charge in [-0.05, 0) is 49.8 Å². The maximum atomic E-state index is 11.6. The van der Waals surface area contributed by atoms with Crippen LogP contribution in [0.3, 0.4) is 0 Å². The average molecular weight is 260 g/mol. The number of carbonyl (C=O) groups is 1. The van der Waals surface area contributed by atoms with Gasteiger partial charge >= 0.3 is 5.97 Å². The van der Waals surface area contributed by atoms with Crippen LogP contribution in [0.1, 0.15) is 31.3 Å². The van der Waals surface area contributed by atoms with Gasteiger partial charge in [-0.3, -0.25) is 0 Å². The summed E-state index contributed by atoms with van der Waals surface area (Å²) in [6.07, 6.45) is 9.49. The first kappa shape index (κ1) is 13.7. The van der Waals surface area contributed by atoms with Gasteiger partial charge in [0, 0.05) is 6.08 Å². The first-order valence-corrected chi connectivity index (χ1v) is 6.71. The lowest BCUT2D eigenvalue weighted by molar-refractivity contribution is -0.139. The van der Waals surface area contributed by atoms with Crippen LogP contribution in [-0.4, -0.2) is 12.6 Å². The van der Waals surface area contributed by atoms with Crippen LogP contribution in [0, 0.1) is 18.8 Å². The number of hydrogen-bond acceptors (Lipinski definition) is 3. The summed E-state index contributed by atoms with van der Waals surface area (Å²) >= 11 is 0. The third-order valence-corrected chi connectivity index (χ3v) is 3.50. The Morgan fingerprint density at radius 1 is 1.42 bits per heavy atom. The predicted molar refractivity (Wildman–Crippen MR) is 74.5 cm³/mol. The molecule has 0 aliphatic heterocycles. The number of ether oxygens (including phenoxy) is 1. The highest BCUT2D eigenvalue weighted by atomic mass is 16.5. The van der Waals surface area contributed by atoms with Crippen molar-refractivity contribution in [3.05, 3.63) is 41.9 Å². The molecule has 1 aliphatic rings. The number of carbonyl (C=O) groups excluding carboxylic acids is 1. The van der Waals surface area contributed by atoms with Gasteiger partial charge in [-0.2, -0.15) is 0 Å². The van der Waals surface area contributed by atoms with Gasteiger partial charge in [-0.25, -0.2) is 4.79 Å². The lowest BCUT2D eigenvalue weighted by Crippen LogP contribution is -2.21. The molecule has 2 rings (SSSR count). The minimum Gasteiger partial charge on any atom is -0.462 e. The van der Waals surface area contributed by atoms with E-state index in [1.54, 1.807) is 6.08 Å². The van der Waals surface area contributed by atoms with Crippen LogP contribution < -0.4 is 0 Å². The van der Waals surface area contributed by atoms with Crippen molar-refractivity contribution in [3.8, 4) is 0 Å². The van der Waals surface area contributed by atoms with Crippen molar-refractivity contribution in [2.75, 3.05) is 6.61 Å². The second-order valence-electron chi connectivity index (χ2n) is 5.09. The number of hydrogen-bond donors (Lipinski definition) is 0. The van der Waals surface area contributed by atoms with Crippen LogP contribution in [0.4, 0.5) is 0 Å². The molecule has 3 heteroatoms. The molecule has 1 aliphatic carbocycles. The third-order valence-electron chi connectivity index (χ3n) is 3.50. The number of aryl methyl sites for hydroxylation is 1. The van der Waals surface area contributed by atoms with Gasteiger partial charge < -0.3 is 9.15 Å². The van der Waals surface area contributed by atoms with E-state index in [0.29, 0.717) is 24.2 Å². The molecule has 1 aromatic heterocycles. The largest absolute Gasteiger partial charge is 0.462 e. The Hall–Kier alpha value is -1.77. The Balaban J connectivity index is 1.78. The SMILES string of the molecule is Cc1ccc(/C=C/C(=O)OCC2CC=CCC2C)o1. The van der Waals surface area contributed by atoms with Gasteiger partial charge in [-0.1, -0.05) is 19.1 Å². The highest BCUT2D eigenvalue weighted by molar-refractivity contribution is 5.86. The lowest BCUT2D eigenvalue weighted by Gasteiger charge is -2.24. The second kappa shape index (κ2) is 6.41. The molecular formula is C16H20O3. The second-order valence-corrected chi connectivity index (χ2v) is 5.09. The number of furan rings is 1. The average Bonchev–Trinajstić information content (AvgIpc) is 2.81. The fourth-order valence-corrected chi connectivity index (χ4v) is 2.17. The molecule has 2 atom stereocenters. The standard InChI is InChI=1S/C16H20O3/c1-12-5-3-4-6-14(12)11-18-16(17)10-9-15-8-7-13(2)19-15/h3-4,7-10,12,14H,5-6,11H2,1-2H3/b10-9+. The van der Waals surface area contributed by atoms with Crippen molar-refractivity contribution < 1.29 is 13.9 Å². The molecule has 0 saturated heterocycles. The third kappa shape index (κ3) is 4.12. The molecule has 0 fully saturated rings. The molecule has 0 aromatic carbocycles. The summed E-state index contributed by atoms with van der Waals surface area (Å²) in [7, 11) is 0. The van der Waals surface area contributed by atoms with E-state index in [4.69, 9.17) is 9.15 Å². The van der Waals surface area contributed by atoms with E-state index in [2.05, 4.69) is 19.1 Å². The van der Waals surface area contributed by atoms with E-state index in [9.17, 15) is 4.79 Å². The molecule has 0 radical (unpaired) electrons. The Bertz CT molecular complexity index is 482. The van der Waals surface area contributed by atoms with Crippen LogP contribution in [0.2, 0.25) is 0 Å². The molecule has 102 valence electrons. The summed E-state index contributed by atoms with van der Waals surface area (Å²) in [6, 6.07) is 3.69. The van der Waals surface area contributed by atoms with Crippen LogP contribution in [0.25, 0.3) is 6.08 Å². The summed E-state index contributed by atoms with van der Waals surface area (Å²) in [6.45, 7) is 4.56. The van der Waals surface area contributed by atoms with Crippen LogP contribution in [0.15, 0.2) is 34.8 Å². The van der Waals surface area contributed by atoms with E-state index in [0.717, 1.165) is 18.6 Å². The fraction of sp³-hybridized carbons (Fsp3) is 0.438. The molecule has 2 unspecified atom stereocenters. The van der Waals surface area contributed by atoms with Gasteiger partial charge in [0.2, 0.25) is 0 Å². The molecule has 0 amide bonds. The van der Waals surface area contributed by atoms with Gasteiger partial charge in [0.25, 0.3) is 0 Å². The van der Waals surface area contributed by atoms with Crippen molar-refractivity contribution in [2.24, 2.45) is 11.8 Å². The van der Waals surface area contributed by atoms with E-state index in [1.807, 2.05) is 19.1 Å². The van der Waals surface area contributed by atoms with Crippen LogP contribution in [0.5, 0.6) is 0 Å². The summed E-state index contributed by atoms with van der Waals surface area (Å²) in [4.78, 5) is 11.6. The molecule has 0 saturated carbocycles. The van der Waals surface area contributed by atoms with Gasteiger partial charge in [0.1, 0.15) is 11.5 Å². The number of allylic oxidation sites excluding steroid dienone is 2. The molecule has 0 spiro atoms. The Kier molecular flexibility index (Phi) is 4.61. The summed E-state index contributed by atoms with van der Waals surface area (Å²) in [5, 5.41) is 0. The predicted octanol–water partition coefficient (Wildman–Crippen LogP) is 3.75. The maximum absolute atomic E-state index is 11.6. The zero-order chi connectivity index (χ0) is 13.7. The van der Waals surface area contributed by atoms with Crippen molar-refractivity contribution in [1.82, 2.24) is 0 Å². The lowest BCUT2D eigenvalue weighted by atomic mass is 9.85. The Labute approximate surface area is 113 Å². The normalized spacial score (nSPS) is 22.8. The van der Waals surface area contributed by atoms with Crippen molar-refractivity contribution in [1.29, 1.82) is 0 Å². The summed E-state index contributed by atoms with van der Waals surface area (Å²) in [5.41, 5.74) is 0. The molecule has 19 heavy (non-hydrogen) atoms. The molecule has 3 nitrogen and oxygen atoms in total.